The van der Waals surface area contributed by atoms with Gasteiger partial charge in [-0.05, 0) is 18.6 Å². The summed E-state index contributed by atoms with van der Waals surface area (Å²) in [5.41, 5.74) is 0.762. The predicted molar refractivity (Wildman–Crippen MR) is 69.0 cm³/mol. The van der Waals surface area contributed by atoms with E-state index >= 15 is 0 Å². The third-order valence-corrected chi connectivity index (χ3v) is 2.76. The van der Waals surface area contributed by atoms with Crippen molar-refractivity contribution in [1.29, 1.82) is 0 Å². The highest BCUT2D eigenvalue weighted by Crippen LogP contribution is 2.14. The molecule has 0 atom stereocenters. The number of unbranched alkanes of at least 4 members (excludes halogenated alkanes) is 5. The summed E-state index contributed by atoms with van der Waals surface area (Å²) >= 11 is 0. The van der Waals surface area contributed by atoms with E-state index < -0.39 is 0 Å². The Balaban J connectivity index is 2.13. The van der Waals surface area contributed by atoms with Crippen LogP contribution in [0.5, 0.6) is 5.88 Å². The fourth-order valence-corrected chi connectivity index (χ4v) is 1.73. The van der Waals surface area contributed by atoms with Crippen molar-refractivity contribution < 1.29 is 9.84 Å². The number of pyridine rings is 1. The standard InChI is InChI=1S/C14H23NO2/c1-2-3-4-5-6-7-11-17-14-13(12-16)9-8-10-15-14/h8-10,16H,2-7,11-12H2,1H3. The van der Waals surface area contributed by atoms with Crippen LogP contribution in [0.15, 0.2) is 18.3 Å². The van der Waals surface area contributed by atoms with Crippen molar-refractivity contribution >= 4 is 0 Å². The van der Waals surface area contributed by atoms with E-state index in [1.807, 2.05) is 12.1 Å². The van der Waals surface area contributed by atoms with Crippen LogP contribution in [0.1, 0.15) is 51.0 Å². The van der Waals surface area contributed by atoms with E-state index in [4.69, 9.17) is 9.84 Å². The minimum absolute atomic E-state index is 0.0142. The number of ether oxygens (including phenoxy) is 1. The Morgan fingerprint density at radius 1 is 1.18 bits per heavy atom. The average Bonchev–Trinajstić information content (AvgIpc) is 2.38. The molecule has 17 heavy (non-hydrogen) atoms. The highest BCUT2D eigenvalue weighted by molar-refractivity contribution is 5.24. The first-order chi connectivity index (χ1) is 8.38. The van der Waals surface area contributed by atoms with E-state index in [1.165, 1.54) is 32.1 Å². The molecule has 1 aromatic heterocycles. The van der Waals surface area contributed by atoms with Gasteiger partial charge in [-0.25, -0.2) is 4.98 Å². The van der Waals surface area contributed by atoms with Crippen LogP contribution in [0.4, 0.5) is 0 Å². The van der Waals surface area contributed by atoms with E-state index in [-0.39, 0.29) is 6.61 Å². The molecule has 0 fully saturated rings. The molecule has 0 saturated heterocycles. The second-order valence-corrected chi connectivity index (χ2v) is 4.24. The molecule has 0 aromatic carbocycles. The fraction of sp³-hybridized carbons (Fsp3) is 0.643. The number of nitrogens with zero attached hydrogens (tertiary/aromatic N) is 1. The number of hydrogen-bond donors (Lipinski definition) is 1. The van der Waals surface area contributed by atoms with Gasteiger partial charge in [0.25, 0.3) is 0 Å². The normalized spacial score (nSPS) is 10.5. The molecule has 0 amide bonds. The summed E-state index contributed by atoms with van der Waals surface area (Å²) in [6.45, 7) is 2.90. The predicted octanol–water partition coefficient (Wildman–Crippen LogP) is 3.31. The zero-order valence-electron chi connectivity index (χ0n) is 10.7. The number of hydrogen-bond acceptors (Lipinski definition) is 3. The second kappa shape index (κ2) is 8.99. The van der Waals surface area contributed by atoms with Crippen molar-refractivity contribution in [3.63, 3.8) is 0 Å². The molecule has 0 radical (unpaired) electrons. The molecule has 96 valence electrons. The highest BCUT2D eigenvalue weighted by atomic mass is 16.5. The van der Waals surface area contributed by atoms with Gasteiger partial charge in [-0.15, -0.1) is 0 Å². The maximum Gasteiger partial charge on any atom is 0.218 e. The van der Waals surface area contributed by atoms with Gasteiger partial charge in [0, 0.05) is 11.8 Å². The molecular formula is C14H23NO2. The summed E-state index contributed by atoms with van der Waals surface area (Å²) in [6, 6.07) is 3.65. The molecule has 0 aliphatic heterocycles. The first kappa shape index (κ1) is 14.0. The van der Waals surface area contributed by atoms with E-state index in [2.05, 4.69) is 11.9 Å². The largest absolute Gasteiger partial charge is 0.477 e. The summed E-state index contributed by atoms with van der Waals surface area (Å²) in [6.07, 6.45) is 9.18. The molecule has 0 saturated carbocycles. The van der Waals surface area contributed by atoms with Crippen LogP contribution in [0.2, 0.25) is 0 Å². The highest BCUT2D eigenvalue weighted by Gasteiger charge is 2.02. The lowest BCUT2D eigenvalue weighted by atomic mass is 10.1. The van der Waals surface area contributed by atoms with Crippen molar-refractivity contribution in [3.05, 3.63) is 23.9 Å². The van der Waals surface area contributed by atoms with Gasteiger partial charge in [0.2, 0.25) is 5.88 Å². The lowest BCUT2D eigenvalue weighted by molar-refractivity contribution is 0.254. The number of aliphatic hydroxyl groups is 1. The maximum absolute atomic E-state index is 9.10. The minimum atomic E-state index is -0.0142. The SMILES string of the molecule is CCCCCCCCOc1ncccc1CO. The van der Waals surface area contributed by atoms with Crippen molar-refractivity contribution in [1.82, 2.24) is 4.98 Å². The van der Waals surface area contributed by atoms with E-state index in [0.29, 0.717) is 12.5 Å². The lowest BCUT2D eigenvalue weighted by Gasteiger charge is -2.08. The first-order valence-corrected chi connectivity index (χ1v) is 6.56. The van der Waals surface area contributed by atoms with Crippen molar-refractivity contribution in [2.75, 3.05) is 6.61 Å². The van der Waals surface area contributed by atoms with Gasteiger partial charge < -0.3 is 9.84 Å². The topological polar surface area (TPSA) is 42.4 Å². The van der Waals surface area contributed by atoms with Gasteiger partial charge >= 0.3 is 0 Å². The van der Waals surface area contributed by atoms with Crippen LogP contribution >= 0.6 is 0 Å². The maximum atomic E-state index is 9.10. The number of aliphatic hydroxyl groups excluding tert-OH is 1. The molecule has 0 bridgehead atoms. The molecule has 0 spiro atoms. The fourth-order valence-electron chi connectivity index (χ4n) is 1.73. The number of aromatic nitrogens is 1. The van der Waals surface area contributed by atoms with Gasteiger partial charge in [-0.2, -0.15) is 0 Å². The van der Waals surface area contributed by atoms with Crippen LogP contribution < -0.4 is 4.74 Å². The Kier molecular flexibility index (Phi) is 7.39. The monoisotopic (exact) mass is 237 g/mol. The van der Waals surface area contributed by atoms with E-state index in [0.717, 1.165) is 12.0 Å². The first-order valence-electron chi connectivity index (χ1n) is 6.56. The lowest BCUT2D eigenvalue weighted by Crippen LogP contribution is -2.02. The summed E-state index contributed by atoms with van der Waals surface area (Å²) in [7, 11) is 0. The van der Waals surface area contributed by atoms with Crippen LogP contribution in [0, 0.1) is 0 Å². The molecule has 1 N–H and O–H groups in total. The summed E-state index contributed by atoms with van der Waals surface area (Å²) in [5.74, 6) is 0.573. The molecule has 0 aliphatic rings. The Morgan fingerprint density at radius 2 is 1.94 bits per heavy atom. The molecule has 1 rings (SSSR count). The zero-order valence-corrected chi connectivity index (χ0v) is 10.7. The smallest absolute Gasteiger partial charge is 0.218 e. The van der Waals surface area contributed by atoms with E-state index in [9.17, 15) is 0 Å². The molecule has 1 aromatic rings. The third-order valence-electron chi connectivity index (χ3n) is 2.76. The van der Waals surface area contributed by atoms with Gasteiger partial charge in [-0.3, -0.25) is 0 Å². The summed E-state index contributed by atoms with van der Waals surface area (Å²) in [5, 5.41) is 9.10. The van der Waals surface area contributed by atoms with Gasteiger partial charge in [0.15, 0.2) is 0 Å². The van der Waals surface area contributed by atoms with Crippen LogP contribution in [-0.4, -0.2) is 16.7 Å². The van der Waals surface area contributed by atoms with Crippen molar-refractivity contribution in [3.8, 4) is 5.88 Å². The number of rotatable bonds is 9. The Hall–Kier alpha value is -1.09. The molecule has 0 aliphatic carbocycles. The Morgan fingerprint density at radius 3 is 2.71 bits per heavy atom. The molecule has 3 heteroatoms. The average molecular weight is 237 g/mol. The van der Waals surface area contributed by atoms with E-state index in [1.54, 1.807) is 6.20 Å². The minimum Gasteiger partial charge on any atom is -0.477 e. The zero-order chi connectivity index (χ0) is 12.3. The van der Waals surface area contributed by atoms with Gasteiger partial charge in [0.1, 0.15) is 0 Å². The molecule has 0 unspecified atom stereocenters. The summed E-state index contributed by atoms with van der Waals surface area (Å²) < 4.78 is 5.56. The van der Waals surface area contributed by atoms with Gasteiger partial charge in [-0.1, -0.05) is 39.0 Å². The van der Waals surface area contributed by atoms with Crippen LogP contribution in [-0.2, 0) is 6.61 Å². The Bertz CT molecular complexity index is 302. The Labute approximate surface area is 104 Å². The molecule has 3 nitrogen and oxygen atoms in total. The summed E-state index contributed by atoms with van der Waals surface area (Å²) in [4.78, 5) is 4.11. The third kappa shape index (κ3) is 5.68. The van der Waals surface area contributed by atoms with Crippen LogP contribution in [0.3, 0.4) is 0 Å². The molecule has 1 heterocycles. The van der Waals surface area contributed by atoms with Gasteiger partial charge in [0.05, 0.1) is 13.2 Å². The van der Waals surface area contributed by atoms with Crippen molar-refractivity contribution in [2.24, 2.45) is 0 Å². The van der Waals surface area contributed by atoms with Crippen LogP contribution in [0.25, 0.3) is 0 Å². The second-order valence-electron chi connectivity index (χ2n) is 4.24. The molecular weight excluding hydrogens is 214 g/mol. The van der Waals surface area contributed by atoms with Crippen molar-refractivity contribution in [2.45, 2.75) is 52.1 Å². The quantitative estimate of drug-likeness (QED) is 0.670.